The van der Waals surface area contributed by atoms with E-state index in [2.05, 4.69) is 5.32 Å². The van der Waals surface area contributed by atoms with Crippen LogP contribution in [0.2, 0.25) is 0 Å². The average molecular weight is 338 g/mol. The van der Waals surface area contributed by atoms with Crippen LogP contribution in [-0.2, 0) is 14.8 Å². The van der Waals surface area contributed by atoms with E-state index in [-0.39, 0.29) is 17.8 Å². The van der Waals surface area contributed by atoms with Gasteiger partial charge in [-0.2, -0.15) is 0 Å². The first kappa shape index (κ1) is 16.3. The summed E-state index contributed by atoms with van der Waals surface area (Å²) in [6.45, 7) is 1.72. The number of hydrogen-bond donors (Lipinski definition) is 1. The topological polar surface area (TPSA) is 75.7 Å². The Morgan fingerprint density at radius 3 is 2.91 bits per heavy atom. The summed E-state index contributed by atoms with van der Waals surface area (Å²) >= 11 is 0. The molecule has 6 nitrogen and oxygen atoms in total. The number of carbonyl (C=O) groups excluding carboxylic acids is 1. The number of carbonyl (C=O) groups is 1. The van der Waals surface area contributed by atoms with Crippen molar-refractivity contribution in [3.05, 3.63) is 29.8 Å². The van der Waals surface area contributed by atoms with Gasteiger partial charge in [-0.15, -0.1) is 0 Å². The van der Waals surface area contributed by atoms with Crippen LogP contribution in [0.4, 0.5) is 5.69 Å². The third kappa shape index (κ3) is 3.84. The van der Waals surface area contributed by atoms with E-state index in [1.807, 2.05) is 0 Å². The second-order valence-electron chi connectivity index (χ2n) is 5.99. The summed E-state index contributed by atoms with van der Waals surface area (Å²) in [5.74, 6) is -0.0284. The SMILES string of the molecule is O=C(NCC1CCCO1)c1cccc(N2CCCCS2(=O)=O)c1. The number of nitrogens with zero attached hydrogens (tertiary/aromatic N) is 1. The molecule has 0 aliphatic carbocycles. The molecule has 7 heteroatoms. The molecule has 1 atom stereocenters. The molecule has 1 N–H and O–H groups in total. The maximum atomic E-state index is 12.3. The average Bonchev–Trinajstić information content (AvgIpc) is 3.06. The third-order valence-corrected chi connectivity index (χ3v) is 6.13. The van der Waals surface area contributed by atoms with Crippen LogP contribution in [-0.4, -0.2) is 45.9 Å². The Bertz CT molecular complexity index is 668. The van der Waals surface area contributed by atoms with E-state index in [9.17, 15) is 13.2 Å². The Morgan fingerprint density at radius 1 is 1.30 bits per heavy atom. The van der Waals surface area contributed by atoms with Crippen molar-refractivity contribution in [2.45, 2.75) is 31.8 Å². The van der Waals surface area contributed by atoms with Gasteiger partial charge in [0.1, 0.15) is 0 Å². The smallest absolute Gasteiger partial charge is 0.251 e. The fourth-order valence-electron chi connectivity index (χ4n) is 3.00. The predicted molar refractivity (Wildman–Crippen MR) is 88.1 cm³/mol. The fraction of sp³-hybridized carbons (Fsp3) is 0.562. The minimum absolute atomic E-state index is 0.0876. The largest absolute Gasteiger partial charge is 0.376 e. The molecule has 0 aromatic heterocycles. The molecule has 3 rings (SSSR count). The highest BCUT2D eigenvalue weighted by Gasteiger charge is 2.26. The number of sulfonamides is 1. The molecule has 1 unspecified atom stereocenters. The first-order chi connectivity index (χ1) is 11.1. The number of nitrogens with one attached hydrogen (secondary N) is 1. The predicted octanol–water partition coefficient (Wildman–Crippen LogP) is 1.53. The first-order valence-electron chi connectivity index (χ1n) is 8.06. The number of rotatable bonds is 4. The molecule has 0 bridgehead atoms. The summed E-state index contributed by atoms with van der Waals surface area (Å²) in [5, 5.41) is 2.86. The Kier molecular flexibility index (Phi) is 4.87. The lowest BCUT2D eigenvalue weighted by Gasteiger charge is -2.28. The van der Waals surface area contributed by atoms with Crippen LogP contribution < -0.4 is 9.62 Å². The lowest BCUT2D eigenvalue weighted by atomic mass is 10.1. The standard InChI is InChI=1S/C16H22N2O4S/c19-16(17-12-15-7-4-9-22-15)13-5-3-6-14(11-13)18-8-1-2-10-23(18,20)21/h3,5-6,11,15H,1-2,4,7-10,12H2,(H,17,19). The zero-order chi connectivity index (χ0) is 16.3. The van der Waals surface area contributed by atoms with Gasteiger partial charge in [0, 0.05) is 25.3 Å². The maximum Gasteiger partial charge on any atom is 0.251 e. The van der Waals surface area contributed by atoms with E-state index in [4.69, 9.17) is 4.74 Å². The summed E-state index contributed by atoms with van der Waals surface area (Å²) < 4.78 is 31.2. The lowest BCUT2D eigenvalue weighted by Crippen LogP contribution is -2.38. The van der Waals surface area contributed by atoms with E-state index < -0.39 is 10.0 Å². The summed E-state index contributed by atoms with van der Waals surface area (Å²) in [6.07, 6.45) is 3.62. The van der Waals surface area contributed by atoms with Gasteiger partial charge in [0.15, 0.2) is 0 Å². The van der Waals surface area contributed by atoms with Crippen LogP contribution in [0.5, 0.6) is 0 Å². The number of anilines is 1. The van der Waals surface area contributed by atoms with Gasteiger partial charge in [-0.25, -0.2) is 8.42 Å². The quantitative estimate of drug-likeness (QED) is 0.903. The molecule has 2 aliphatic rings. The fourth-order valence-corrected chi connectivity index (χ4v) is 4.63. The van der Waals surface area contributed by atoms with Crippen molar-refractivity contribution in [3.8, 4) is 0 Å². The third-order valence-electron chi connectivity index (χ3n) is 4.26. The number of amides is 1. The van der Waals surface area contributed by atoms with E-state index in [1.54, 1.807) is 24.3 Å². The molecule has 126 valence electrons. The van der Waals surface area contributed by atoms with Crippen molar-refractivity contribution < 1.29 is 17.9 Å². The molecule has 2 saturated heterocycles. The van der Waals surface area contributed by atoms with Crippen LogP contribution in [0.25, 0.3) is 0 Å². The molecule has 2 heterocycles. The highest BCUT2D eigenvalue weighted by Crippen LogP contribution is 2.24. The van der Waals surface area contributed by atoms with Crippen molar-refractivity contribution in [2.75, 3.05) is 29.8 Å². The molecular weight excluding hydrogens is 316 g/mol. The normalized spacial score (nSPS) is 23.7. The molecule has 1 aromatic carbocycles. The Hall–Kier alpha value is -1.60. The Labute approximate surface area is 136 Å². The molecule has 0 radical (unpaired) electrons. The Morgan fingerprint density at radius 2 is 2.17 bits per heavy atom. The molecule has 1 aromatic rings. The van der Waals surface area contributed by atoms with Crippen LogP contribution in [0, 0.1) is 0 Å². The van der Waals surface area contributed by atoms with Gasteiger partial charge >= 0.3 is 0 Å². The van der Waals surface area contributed by atoms with E-state index in [0.717, 1.165) is 25.9 Å². The first-order valence-corrected chi connectivity index (χ1v) is 9.67. The minimum Gasteiger partial charge on any atom is -0.376 e. The number of benzene rings is 1. The van der Waals surface area contributed by atoms with Gasteiger partial charge in [0.05, 0.1) is 17.5 Å². The van der Waals surface area contributed by atoms with Crippen molar-refractivity contribution in [3.63, 3.8) is 0 Å². The van der Waals surface area contributed by atoms with Crippen molar-refractivity contribution in [1.82, 2.24) is 5.32 Å². The summed E-state index contributed by atoms with van der Waals surface area (Å²) in [4.78, 5) is 12.3. The lowest BCUT2D eigenvalue weighted by molar-refractivity contribution is 0.0858. The zero-order valence-corrected chi connectivity index (χ0v) is 13.8. The highest BCUT2D eigenvalue weighted by molar-refractivity contribution is 7.92. The second-order valence-corrected chi connectivity index (χ2v) is 8.00. The van der Waals surface area contributed by atoms with Crippen LogP contribution in [0.1, 0.15) is 36.0 Å². The molecular formula is C16H22N2O4S. The molecule has 0 spiro atoms. The van der Waals surface area contributed by atoms with Gasteiger partial charge < -0.3 is 10.1 Å². The van der Waals surface area contributed by atoms with Gasteiger partial charge in [0.2, 0.25) is 10.0 Å². The second kappa shape index (κ2) is 6.88. The molecule has 2 fully saturated rings. The highest BCUT2D eigenvalue weighted by atomic mass is 32.2. The maximum absolute atomic E-state index is 12.3. The Balaban J connectivity index is 1.70. The number of hydrogen-bond acceptors (Lipinski definition) is 4. The van der Waals surface area contributed by atoms with Gasteiger partial charge in [-0.1, -0.05) is 6.07 Å². The van der Waals surface area contributed by atoms with Crippen molar-refractivity contribution in [1.29, 1.82) is 0 Å². The van der Waals surface area contributed by atoms with Crippen molar-refractivity contribution >= 4 is 21.6 Å². The van der Waals surface area contributed by atoms with Gasteiger partial charge in [-0.05, 0) is 43.9 Å². The van der Waals surface area contributed by atoms with Gasteiger partial charge in [0.25, 0.3) is 5.91 Å². The van der Waals surface area contributed by atoms with Crippen LogP contribution >= 0.6 is 0 Å². The minimum atomic E-state index is -3.26. The molecule has 0 saturated carbocycles. The van der Waals surface area contributed by atoms with Gasteiger partial charge in [-0.3, -0.25) is 9.10 Å². The number of ether oxygens (including phenoxy) is 1. The zero-order valence-electron chi connectivity index (χ0n) is 13.0. The summed E-state index contributed by atoms with van der Waals surface area (Å²) in [5.41, 5.74) is 1.04. The van der Waals surface area contributed by atoms with E-state index in [0.29, 0.717) is 30.8 Å². The van der Waals surface area contributed by atoms with Crippen molar-refractivity contribution in [2.24, 2.45) is 0 Å². The molecule has 2 aliphatic heterocycles. The van der Waals surface area contributed by atoms with Crippen LogP contribution in [0.15, 0.2) is 24.3 Å². The molecule has 1 amide bonds. The monoisotopic (exact) mass is 338 g/mol. The van der Waals surface area contributed by atoms with E-state index in [1.165, 1.54) is 4.31 Å². The summed E-state index contributed by atoms with van der Waals surface area (Å²) in [6, 6.07) is 6.80. The molecule has 23 heavy (non-hydrogen) atoms. The van der Waals surface area contributed by atoms with Crippen LogP contribution in [0.3, 0.4) is 0 Å². The summed E-state index contributed by atoms with van der Waals surface area (Å²) in [7, 11) is -3.26. The van der Waals surface area contributed by atoms with E-state index >= 15 is 0 Å².